The maximum absolute atomic E-state index is 12.1. The van der Waals surface area contributed by atoms with Crippen molar-refractivity contribution in [1.29, 1.82) is 0 Å². The summed E-state index contributed by atoms with van der Waals surface area (Å²) in [6.45, 7) is 7.15. The van der Waals surface area contributed by atoms with E-state index in [0.717, 1.165) is 25.9 Å². The Kier molecular flexibility index (Phi) is 4.36. The molecule has 1 unspecified atom stereocenters. The lowest BCUT2D eigenvalue weighted by Gasteiger charge is -2.25. The van der Waals surface area contributed by atoms with Crippen LogP contribution in [-0.2, 0) is 4.74 Å². The van der Waals surface area contributed by atoms with Gasteiger partial charge >= 0.3 is 6.09 Å². The van der Waals surface area contributed by atoms with E-state index in [1.54, 1.807) is 12.1 Å². The molecule has 0 N–H and O–H groups in total. The van der Waals surface area contributed by atoms with E-state index < -0.39 is 5.60 Å². The van der Waals surface area contributed by atoms with Crippen LogP contribution in [0.25, 0.3) is 0 Å². The lowest BCUT2D eigenvalue weighted by atomic mass is 10.0. The van der Waals surface area contributed by atoms with E-state index in [9.17, 15) is 4.79 Å². The van der Waals surface area contributed by atoms with Gasteiger partial charge < -0.3 is 14.4 Å². The quantitative estimate of drug-likeness (QED) is 0.828. The van der Waals surface area contributed by atoms with Crippen molar-refractivity contribution in [2.45, 2.75) is 45.3 Å². The van der Waals surface area contributed by atoms with Crippen molar-refractivity contribution >= 4 is 17.7 Å². The zero-order valence-corrected chi connectivity index (χ0v) is 14.4. The highest BCUT2D eigenvalue weighted by molar-refractivity contribution is 6.29. The Hall–Kier alpha value is -1.56. The third-order valence-corrected chi connectivity index (χ3v) is 4.46. The third kappa shape index (κ3) is 4.05. The highest BCUT2D eigenvalue weighted by Crippen LogP contribution is 2.39. The summed E-state index contributed by atoms with van der Waals surface area (Å²) in [5, 5.41) is 8.07. The second-order valence-electron chi connectivity index (χ2n) is 7.31. The van der Waals surface area contributed by atoms with Crippen molar-refractivity contribution in [2.24, 2.45) is 11.8 Å². The fraction of sp³-hybridized carbons (Fsp3) is 0.688. The summed E-state index contributed by atoms with van der Waals surface area (Å²) in [5.74, 6) is 1.43. The second-order valence-corrected chi connectivity index (χ2v) is 7.70. The van der Waals surface area contributed by atoms with Gasteiger partial charge in [0.25, 0.3) is 0 Å². The van der Waals surface area contributed by atoms with Gasteiger partial charge in [-0.05, 0) is 51.5 Å². The van der Waals surface area contributed by atoms with Gasteiger partial charge in [0, 0.05) is 19.2 Å². The van der Waals surface area contributed by atoms with Gasteiger partial charge in [0.05, 0.1) is 0 Å². The Morgan fingerprint density at radius 1 is 1.22 bits per heavy atom. The number of amides is 1. The van der Waals surface area contributed by atoms with E-state index in [1.807, 2.05) is 25.7 Å². The predicted octanol–water partition coefficient (Wildman–Crippen LogP) is 3.15. The molecule has 6 nitrogen and oxygen atoms in total. The van der Waals surface area contributed by atoms with Gasteiger partial charge in [0.2, 0.25) is 5.88 Å². The molecule has 1 aliphatic carbocycles. The number of hydrogen-bond donors (Lipinski definition) is 0. The molecule has 1 amide bonds. The summed E-state index contributed by atoms with van der Waals surface area (Å²) >= 11 is 5.72. The number of carbonyl (C=O) groups is 1. The molecular formula is C16H22ClN3O3. The monoisotopic (exact) mass is 339 g/mol. The standard InChI is InChI=1S/C16H22ClN3O3/c1-16(2,3)23-15(21)20-8-10-6-12(7-11(10)9-20)22-14-5-4-13(17)18-19-14/h4-5,10-12H,6-9H2,1-3H3/t10-,11+,12?. The van der Waals surface area contributed by atoms with Crippen LogP contribution in [0.3, 0.4) is 0 Å². The van der Waals surface area contributed by atoms with Gasteiger partial charge in [0.1, 0.15) is 11.7 Å². The second kappa shape index (κ2) is 6.15. The van der Waals surface area contributed by atoms with Crippen LogP contribution in [0.2, 0.25) is 5.15 Å². The van der Waals surface area contributed by atoms with Crippen molar-refractivity contribution < 1.29 is 14.3 Å². The first-order chi connectivity index (χ1) is 10.8. The first-order valence-electron chi connectivity index (χ1n) is 7.94. The minimum atomic E-state index is -0.451. The lowest BCUT2D eigenvalue weighted by molar-refractivity contribution is 0.0271. The minimum Gasteiger partial charge on any atom is -0.473 e. The van der Waals surface area contributed by atoms with Gasteiger partial charge in [-0.2, -0.15) is 0 Å². The molecule has 2 fully saturated rings. The molecule has 1 saturated carbocycles. The van der Waals surface area contributed by atoms with Crippen LogP contribution in [0.15, 0.2) is 12.1 Å². The molecule has 2 aliphatic rings. The third-order valence-electron chi connectivity index (χ3n) is 4.25. The molecule has 3 rings (SSSR count). The molecule has 23 heavy (non-hydrogen) atoms. The van der Waals surface area contributed by atoms with Crippen LogP contribution in [-0.4, -0.2) is 46.0 Å². The van der Waals surface area contributed by atoms with Crippen molar-refractivity contribution in [3.05, 3.63) is 17.3 Å². The highest BCUT2D eigenvalue weighted by Gasteiger charge is 2.44. The van der Waals surface area contributed by atoms with Crippen molar-refractivity contribution in [2.75, 3.05) is 13.1 Å². The predicted molar refractivity (Wildman–Crippen MR) is 85.5 cm³/mol. The maximum atomic E-state index is 12.1. The molecule has 3 atom stereocenters. The fourth-order valence-corrected chi connectivity index (χ4v) is 3.45. The molecule has 1 saturated heterocycles. The molecule has 7 heteroatoms. The number of hydrogen-bond acceptors (Lipinski definition) is 5. The maximum Gasteiger partial charge on any atom is 0.410 e. The summed E-state index contributed by atoms with van der Waals surface area (Å²) < 4.78 is 11.3. The number of ether oxygens (including phenoxy) is 2. The zero-order chi connectivity index (χ0) is 16.6. The Bertz CT molecular complexity index is 559. The van der Waals surface area contributed by atoms with E-state index in [2.05, 4.69) is 10.2 Å². The summed E-state index contributed by atoms with van der Waals surface area (Å²) in [6.07, 6.45) is 1.76. The van der Waals surface area contributed by atoms with Crippen LogP contribution >= 0.6 is 11.6 Å². The number of likely N-dealkylation sites (tertiary alicyclic amines) is 1. The molecule has 0 radical (unpaired) electrons. The minimum absolute atomic E-state index is 0.126. The van der Waals surface area contributed by atoms with Crippen LogP contribution in [0.1, 0.15) is 33.6 Å². The van der Waals surface area contributed by atoms with E-state index in [0.29, 0.717) is 22.9 Å². The number of aromatic nitrogens is 2. The number of carbonyl (C=O) groups excluding carboxylic acids is 1. The van der Waals surface area contributed by atoms with Gasteiger partial charge in [-0.25, -0.2) is 4.79 Å². The van der Waals surface area contributed by atoms with E-state index in [1.165, 1.54) is 0 Å². The zero-order valence-electron chi connectivity index (χ0n) is 13.7. The number of rotatable bonds is 2. The molecule has 2 heterocycles. The molecule has 1 aromatic rings. The average Bonchev–Trinajstić information content (AvgIpc) is 2.97. The van der Waals surface area contributed by atoms with E-state index in [-0.39, 0.29) is 12.2 Å². The van der Waals surface area contributed by atoms with E-state index >= 15 is 0 Å². The Labute approximate surface area is 141 Å². The first-order valence-corrected chi connectivity index (χ1v) is 8.32. The normalized spacial score (nSPS) is 27.0. The Balaban J connectivity index is 1.51. The highest BCUT2D eigenvalue weighted by atomic mass is 35.5. The summed E-state index contributed by atoms with van der Waals surface area (Å²) in [4.78, 5) is 14.0. The molecule has 0 spiro atoms. The van der Waals surface area contributed by atoms with Gasteiger partial charge in [-0.3, -0.25) is 0 Å². The fourth-order valence-electron chi connectivity index (χ4n) is 3.35. The topological polar surface area (TPSA) is 64.5 Å². The van der Waals surface area contributed by atoms with Crippen LogP contribution in [0.4, 0.5) is 4.79 Å². The smallest absolute Gasteiger partial charge is 0.410 e. The van der Waals surface area contributed by atoms with Crippen molar-refractivity contribution in [1.82, 2.24) is 15.1 Å². The van der Waals surface area contributed by atoms with Gasteiger partial charge in [-0.1, -0.05) is 11.6 Å². The van der Waals surface area contributed by atoms with Gasteiger partial charge in [-0.15, -0.1) is 10.2 Å². The van der Waals surface area contributed by atoms with Gasteiger partial charge in [0.15, 0.2) is 5.15 Å². The van der Waals surface area contributed by atoms with E-state index in [4.69, 9.17) is 21.1 Å². The molecule has 126 valence electrons. The molecule has 1 aromatic heterocycles. The van der Waals surface area contributed by atoms with Crippen molar-refractivity contribution in [3.8, 4) is 5.88 Å². The molecular weight excluding hydrogens is 318 g/mol. The molecule has 0 bridgehead atoms. The first kappa shape index (κ1) is 16.3. The average molecular weight is 340 g/mol. The number of halogens is 1. The molecule has 1 aliphatic heterocycles. The number of nitrogens with zero attached hydrogens (tertiary/aromatic N) is 3. The summed E-state index contributed by atoms with van der Waals surface area (Å²) in [6, 6.07) is 3.40. The Morgan fingerprint density at radius 2 is 1.87 bits per heavy atom. The van der Waals surface area contributed by atoms with Crippen LogP contribution in [0.5, 0.6) is 5.88 Å². The van der Waals surface area contributed by atoms with Crippen molar-refractivity contribution in [3.63, 3.8) is 0 Å². The summed E-state index contributed by atoms with van der Waals surface area (Å²) in [7, 11) is 0. The Morgan fingerprint density at radius 3 is 2.39 bits per heavy atom. The summed E-state index contributed by atoms with van der Waals surface area (Å²) in [5.41, 5.74) is -0.451. The molecule has 0 aromatic carbocycles. The van der Waals surface area contributed by atoms with Crippen LogP contribution in [0, 0.1) is 11.8 Å². The number of fused-ring (bicyclic) bond motifs is 1. The largest absolute Gasteiger partial charge is 0.473 e. The SMILES string of the molecule is CC(C)(C)OC(=O)N1C[C@H]2CC(Oc3ccc(Cl)nn3)C[C@H]2C1. The lowest BCUT2D eigenvalue weighted by Crippen LogP contribution is -2.36. The van der Waals surface area contributed by atoms with Crippen LogP contribution < -0.4 is 4.74 Å².